The number of nitrogens with two attached hydrogens (primary N) is 1. The first-order chi connectivity index (χ1) is 9.45. The second-order valence-electron chi connectivity index (χ2n) is 4.96. The lowest BCUT2D eigenvalue weighted by Crippen LogP contribution is -2.17. The summed E-state index contributed by atoms with van der Waals surface area (Å²) < 4.78 is 19.3. The van der Waals surface area contributed by atoms with Gasteiger partial charge >= 0.3 is 0 Å². The topological polar surface area (TPSA) is 35.2 Å². The van der Waals surface area contributed by atoms with E-state index < -0.39 is 0 Å². The lowest BCUT2D eigenvalue weighted by atomic mass is 10.0. The van der Waals surface area contributed by atoms with Gasteiger partial charge in [-0.25, -0.2) is 4.39 Å². The predicted molar refractivity (Wildman–Crippen MR) is 82.7 cm³/mol. The molecule has 0 fully saturated rings. The van der Waals surface area contributed by atoms with Crippen LogP contribution in [0.15, 0.2) is 40.9 Å². The average Bonchev–Trinajstić information content (AvgIpc) is 2.36. The standard InChI is InChI=1S/C16H17BrFNO/c1-10-7-12(8-11(2)19)3-6-16(10)20-13-4-5-15(18)14(17)9-13/h3-7,9,11H,8,19H2,1-2H3. The summed E-state index contributed by atoms with van der Waals surface area (Å²) >= 11 is 3.15. The fourth-order valence-corrected chi connectivity index (χ4v) is 2.35. The Kier molecular flexibility index (Phi) is 4.78. The smallest absolute Gasteiger partial charge is 0.137 e. The maximum Gasteiger partial charge on any atom is 0.137 e. The van der Waals surface area contributed by atoms with Crippen molar-refractivity contribution in [1.82, 2.24) is 0 Å². The van der Waals surface area contributed by atoms with Crippen LogP contribution in [0.2, 0.25) is 0 Å². The molecule has 0 spiro atoms. The summed E-state index contributed by atoms with van der Waals surface area (Å²) in [5.74, 6) is 1.06. The van der Waals surface area contributed by atoms with Crippen molar-refractivity contribution in [3.05, 3.63) is 57.8 Å². The van der Waals surface area contributed by atoms with Gasteiger partial charge in [0.15, 0.2) is 0 Å². The van der Waals surface area contributed by atoms with Crippen LogP contribution in [0.1, 0.15) is 18.1 Å². The molecule has 4 heteroatoms. The van der Waals surface area contributed by atoms with Crippen molar-refractivity contribution in [3.63, 3.8) is 0 Å². The van der Waals surface area contributed by atoms with Crippen LogP contribution in [0.3, 0.4) is 0 Å². The molecule has 0 radical (unpaired) electrons. The van der Waals surface area contributed by atoms with Crippen LogP contribution < -0.4 is 10.5 Å². The molecule has 0 bridgehead atoms. The Morgan fingerprint density at radius 2 is 2.00 bits per heavy atom. The predicted octanol–water partition coefficient (Wildman–Crippen LogP) is 4.58. The van der Waals surface area contributed by atoms with Gasteiger partial charge in [-0.2, -0.15) is 0 Å². The largest absolute Gasteiger partial charge is 0.457 e. The van der Waals surface area contributed by atoms with E-state index in [2.05, 4.69) is 22.0 Å². The zero-order valence-corrected chi connectivity index (χ0v) is 13.1. The Hall–Kier alpha value is -1.39. The van der Waals surface area contributed by atoms with Gasteiger partial charge in [-0.15, -0.1) is 0 Å². The molecule has 20 heavy (non-hydrogen) atoms. The van der Waals surface area contributed by atoms with E-state index in [0.717, 1.165) is 17.7 Å². The van der Waals surface area contributed by atoms with Gasteiger partial charge in [-0.1, -0.05) is 12.1 Å². The Bertz CT molecular complexity index is 613. The maximum atomic E-state index is 13.2. The first kappa shape index (κ1) is 15.0. The molecule has 2 nitrogen and oxygen atoms in total. The minimum Gasteiger partial charge on any atom is -0.457 e. The van der Waals surface area contributed by atoms with Crippen molar-refractivity contribution in [2.45, 2.75) is 26.3 Å². The molecule has 0 heterocycles. The van der Waals surface area contributed by atoms with Crippen LogP contribution in [0.25, 0.3) is 0 Å². The molecule has 2 rings (SSSR count). The van der Waals surface area contributed by atoms with Gasteiger partial charge in [-0.05, 0) is 71.6 Å². The van der Waals surface area contributed by atoms with Crippen LogP contribution in [0.4, 0.5) is 4.39 Å². The summed E-state index contributed by atoms with van der Waals surface area (Å²) in [7, 11) is 0. The molecule has 0 amide bonds. The van der Waals surface area contributed by atoms with Crippen molar-refractivity contribution in [3.8, 4) is 11.5 Å². The van der Waals surface area contributed by atoms with E-state index in [0.29, 0.717) is 10.2 Å². The fourth-order valence-electron chi connectivity index (χ4n) is 1.99. The van der Waals surface area contributed by atoms with Crippen molar-refractivity contribution < 1.29 is 9.13 Å². The minimum atomic E-state index is -0.304. The number of ether oxygens (including phenoxy) is 1. The lowest BCUT2D eigenvalue weighted by molar-refractivity contribution is 0.476. The van der Waals surface area contributed by atoms with Gasteiger partial charge in [0, 0.05) is 6.04 Å². The normalized spacial score (nSPS) is 12.2. The first-order valence-electron chi connectivity index (χ1n) is 6.43. The van der Waals surface area contributed by atoms with E-state index in [1.807, 2.05) is 26.0 Å². The third-order valence-electron chi connectivity index (χ3n) is 2.92. The van der Waals surface area contributed by atoms with Crippen LogP contribution in [-0.2, 0) is 6.42 Å². The van der Waals surface area contributed by atoms with Crippen LogP contribution in [0, 0.1) is 12.7 Å². The monoisotopic (exact) mass is 337 g/mol. The van der Waals surface area contributed by atoms with E-state index in [1.54, 1.807) is 12.1 Å². The number of aryl methyl sites for hydroxylation is 1. The molecule has 0 aliphatic heterocycles. The molecule has 0 aliphatic carbocycles. The van der Waals surface area contributed by atoms with Crippen molar-refractivity contribution in [1.29, 1.82) is 0 Å². The Morgan fingerprint density at radius 3 is 2.60 bits per heavy atom. The van der Waals surface area contributed by atoms with Crippen LogP contribution in [0.5, 0.6) is 11.5 Å². The molecule has 0 aliphatic rings. The van der Waals surface area contributed by atoms with Gasteiger partial charge in [0.25, 0.3) is 0 Å². The number of hydrogen-bond acceptors (Lipinski definition) is 2. The van der Waals surface area contributed by atoms with Crippen molar-refractivity contribution in [2.75, 3.05) is 0 Å². The molecule has 0 saturated carbocycles. The van der Waals surface area contributed by atoms with Gasteiger partial charge in [0.05, 0.1) is 4.47 Å². The summed E-state index contributed by atoms with van der Waals surface area (Å²) in [6.45, 7) is 3.97. The van der Waals surface area contributed by atoms with E-state index >= 15 is 0 Å². The Morgan fingerprint density at radius 1 is 1.25 bits per heavy atom. The summed E-state index contributed by atoms with van der Waals surface area (Å²) in [5.41, 5.74) is 8.01. The highest BCUT2D eigenvalue weighted by atomic mass is 79.9. The molecule has 0 saturated heterocycles. The Balaban J connectivity index is 2.19. The highest BCUT2D eigenvalue weighted by Crippen LogP contribution is 2.29. The number of rotatable bonds is 4. The van der Waals surface area contributed by atoms with Crippen molar-refractivity contribution in [2.24, 2.45) is 5.73 Å². The number of halogens is 2. The zero-order valence-electron chi connectivity index (χ0n) is 11.5. The lowest BCUT2D eigenvalue weighted by Gasteiger charge is -2.12. The van der Waals surface area contributed by atoms with Gasteiger partial charge in [0.1, 0.15) is 17.3 Å². The zero-order chi connectivity index (χ0) is 14.7. The Labute approximate surface area is 126 Å². The molecular formula is C16H17BrFNO. The van der Waals surface area contributed by atoms with E-state index in [9.17, 15) is 4.39 Å². The summed E-state index contributed by atoms with van der Waals surface area (Å²) in [6, 6.07) is 10.7. The molecule has 1 unspecified atom stereocenters. The van der Waals surface area contributed by atoms with Gasteiger partial charge < -0.3 is 10.5 Å². The molecular weight excluding hydrogens is 321 g/mol. The van der Waals surface area contributed by atoms with Crippen LogP contribution >= 0.6 is 15.9 Å². The van der Waals surface area contributed by atoms with Gasteiger partial charge in [0.2, 0.25) is 0 Å². The quantitative estimate of drug-likeness (QED) is 0.886. The fraction of sp³-hybridized carbons (Fsp3) is 0.250. The first-order valence-corrected chi connectivity index (χ1v) is 7.23. The minimum absolute atomic E-state index is 0.134. The molecule has 1 atom stereocenters. The molecule has 0 aromatic heterocycles. The van der Waals surface area contributed by atoms with E-state index in [-0.39, 0.29) is 11.9 Å². The number of hydrogen-bond donors (Lipinski definition) is 1. The van der Waals surface area contributed by atoms with Crippen LogP contribution in [-0.4, -0.2) is 6.04 Å². The number of benzene rings is 2. The molecule has 106 valence electrons. The third-order valence-corrected chi connectivity index (χ3v) is 3.52. The summed E-state index contributed by atoms with van der Waals surface area (Å²) in [6.07, 6.45) is 0.837. The van der Waals surface area contributed by atoms with E-state index in [1.165, 1.54) is 11.6 Å². The highest BCUT2D eigenvalue weighted by Gasteiger charge is 2.06. The van der Waals surface area contributed by atoms with Gasteiger partial charge in [-0.3, -0.25) is 0 Å². The second kappa shape index (κ2) is 6.37. The highest BCUT2D eigenvalue weighted by molar-refractivity contribution is 9.10. The van der Waals surface area contributed by atoms with Crippen molar-refractivity contribution >= 4 is 15.9 Å². The third kappa shape index (κ3) is 3.81. The summed E-state index contributed by atoms with van der Waals surface area (Å²) in [4.78, 5) is 0. The summed E-state index contributed by atoms with van der Waals surface area (Å²) in [5, 5.41) is 0. The molecule has 2 N–H and O–H groups in total. The average molecular weight is 338 g/mol. The molecule has 2 aromatic rings. The molecule has 2 aromatic carbocycles. The SMILES string of the molecule is Cc1cc(CC(C)N)ccc1Oc1ccc(F)c(Br)c1. The maximum absolute atomic E-state index is 13.2. The van der Waals surface area contributed by atoms with E-state index in [4.69, 9.17) is 10.5 Å². The second-order valence-corrected chi connectivity index (χ2v) is 5.81.